The monoisotopic (exact) mass is 553 g/mol. The van der Waals surface area contributed by atoms with Gasteiger partial charge in [-0.1, -0.05) is 31.0 Å². The fourth-order valence-electron chi connectivity index (χ4n) is 6.00. The largest absolute Gasteiger partial charge is 0.496 e. The first-order valence-electron chi connectivity index (χ1n) is 14.2. The molecule has 9 nitrogen and oxygen atoms in total. The standard InChI is InChI=1S/C32H35N5O4/c1-19-8-13-26(33-15-19)34-16-20-17-37(18-20)32(39)23-11-9-22(10-12-23)30-35-29-27(21-6-4-5-7-21)24(40-2)14-25(41-3)28(29)31(38)36-30/h8-15,20-21H,4-7,16-18H2,1-3H3,(H,33,34)(H,35,36,38). The summed E-state index contributed by atoms with van der Waals surface area (Å²) in [6.07, 6.45) is 6.20. The van der Waals surface area contributed by atoms with Gasteiger partial charge < -0.3 is 24.7 Å². The summed E-state index contributed by atoms with van der Waals surface area (Å²) in [6.45, 7) is 4.19. The Morgan fingerprint density at radius 3 is 2.44 bits per heavy atom. The van der Waals surface area contributed by atoms with Gasteiger partial charge in [0, 0.05) is 54.5 Å². The third kappa shape index (κ3) is 5.24. The van der Waals surface area contributed by atoms with Crippen molar-refractivity contribution in [3.05, 3.63) is 75.7 Å². The highest BCUT2D eigenvalue weighted by molar-refractivity contribution is 5.95. The topological polar surface area (TPSA) is 109 Å². The molecule has 0 unspecified atom stereocenters. The van der Waals surface area contributed by atoms with Crippen LogP contribution in [-0.2, 0) is 0 Å². The van der Waals surface area contributed by atoms with Gasteiger partial charge in [-0.05, 0) is 49.4 Å². The van der Waals surface area contributed by atoms with E-state index in [2.05, 4.69) is 15.3 Å². The number of H-pyrrole nitrogens is 1. The van der Waals surface area contributed by atoms with Crippen molar-refractivity contribution in [2.45, 2.75) is 38.5 Å². The fourth-order valence-corrected chi connectivity index (χ4v) is 6.00. The molecule has 3 heterocycles. The molecule has 0 radical (unpaired) electrons. The number of hydrogen-bond donors (Lipinski definition) is 2. The number of pyridine rings is 1. The number of aromatic amines is 1. The van der Waals surface area contributed by atoms with Gasteiger partial charge in [0.2, 0.25) is 0 Å². The number of hydrogen-bond acceptors (Lipinski definition) is 7. The maximum Gasteiger partial charge on any atom is 0.262 e. The van der Waals surface area contributed by atoms with E-state index >= 15 is 0 Å². The molecule has 0 spiro atoms. The minimum atomic E-state index is -0.259. The zero-order valence-corrected chi connectivity index (χ0v) is 23.7. The second-order valence-corrected chi connectivity index (χ2v) is 11.1. The van der Waals surface area contributed by atoms with Crippen molar-refractivity contribution in [1.82, 2.24) is 19.9 Å². The van der Waals surface area contributed by atoms with E-state index in [0.29, 0.717) is 52.8 Å². The molecule has 2 aromatic heterocycles. The van der Waals surface area contributed by atoms with E-state index < -0.39 is 0 Å². The Kier molecular flexibility index (Phi) is 7.34. The summed E-state index contributed by atoms with van der Waals surface area (Å²) in [5.74, 6) is 3.11. The molecule has 2 aromatic carbocycles. The molecule has 2 aliphatic rings. The first kappa shape index (κ1) is 26.8. The number of fused-ring (bicyclic) bond motifs is 1. The minimum Gasteiger partial charge on any atom is -0.496 e. The summed E-state index contributed by atoms with van der Waals surface area (Å²) in [7, 11) is 3.19. The lowest BCUT2D eigenvalue weighted by Gasteiger charge is -2.39. The molecule has 41 heavy (non-hydrogen) atoms. The number of ether oxygens (including phenoxy) is 2. The van der Waals surface area contributed by atoms with Crippen LogP contribution in [0.3, 0.4) is 0 Å². The molecule has 1 aliphatic carbocycles. The highest BCUT2D eigenvalue weighted by atomic mass is 16.5. The van der Waals surface area contributed by atoms with Crippen LogP contribution in [0, 0.1) is 12.8 Å². The number of nitrogens with zero attached hydrogens (tertiary/aromatic N) is 3. The molecule has 2 N–H and O–H groups in total. The Bertz CT molecular complexity index is 1620. The number of carbonyl (C=O) groups excluding carboxylic acids is 1. The number of amides is 1. The van der Waals surface area contributed by atoms with E-state index in [1.165, 1.54) is 0 Å². The van der Waals surface area contributed by atoms with Gasteiger partial charge in [-0.3, -0.25) is 9.59 Å². The van der Waals surface area contributed by atoms with Crippen LogP contribution in [-0.4, -0.2) is 59.6 Å². The number of carbonyl (C=O) groups is 1. The number of likely N-dealkylation sites (tertiary alicyclic amines) is 1. The Morgan fingerprint density at radius 1 is 1.05 bits per heavy atom. The van der Waals surface area contributed by atoms with Crippen LogP contribution in [0.15, 0.2) is 53.5 Å². The van der Waals surface area contributed by atoms with Gasteiger partial charge in [-0.25, -0.2) is 9.97 Å². The van der Waals surface area contributed by atoms with E-state index in [-0.39, 0.29) is 17.4 Å². The fraction of sp³-hybridized carbons (Fsp3) is 0.375. The molecule has 0 bridgehead atoms. The molecule has 9 heteroatoms. The molecular formula is C32H35N5O4. The molecule has 2 fully saturated rings. The molecule has 6 rings (SSSR count). The van der Waals surface area contributed by atoms with E-state index in [1.807, 2.05) is 42.3 Å². The van der Waals surface area contributed by atoms with E-state index in [4.69, 9.17) is 14.5 Å². The van der Waals surface area contributed by atoms with Crippen LogP contribution in [0.4, 0.5) is 5.82 Å². The molecule has 1 aliphatic heterocycles. The number of aromatic nitrogens is 3. The average Bonchev–Trinajstić information content (AvgIpc) is 3.50. The average molecular weight is 554 g/mol. The lowest BCUT2D eigenvalue weighted by atomic mass is 9.93. The third-order valence-electron chi connectivity index (χ3n) is 8.28. The van der Waals surface area contributed by atoms with Crippen LogP contribution >= 0.6 is 0 Å². The van der Waals surface area contributed by atoms with Crippen LogP contribution in [0.25, 0.3) is 22.3 Å². The van der Waals surface area contributed by atoms with E-state index in [9.17, 15) is 9.59 Å². The van der Waals surface area contributed by atoms with Crippen LogP contribution in [0.1, 0.15) is 53.1 Å². The predicted molar refractivity (Wildman–Crippen MR) is 159 cm³/mol. The van der Waals surface area contributed by atoms with Gasteiger partial charge >= 0.3 is 0 Å². The molecule has 1 saturated carbocycles. The second-order valence-electron chi connectivity index (χ2n) is 11.1. The maximum absolute atomic E-state index is 13.3. The Balaban J connectivity index is 1.20. The van der Waals surface area contributed by atoms with Crippen molar-refractivity contribution < 1.29 is 14.3 Å². The smallest absolute Gasteiger partial charge is 0.262 e. The number of rotatable bonds is 8. The summed E-state index contributed by atoms with van der Waals surface area (Å²) in [4.78, 5) is 40.5. The lowest BCUT2D eigenvalue weighted by molar-refractivity contribution is 0.0521. The summed E-state index contributed by atoms with van der Waals surface area (Å²) in [5.41, 5.74) is 3.80. The van der Waals surface area contributed by atoms with E-state index in [1.54, 1.807) is 32.4 Å². The zero-order valence-electron chi connectivity index (χ0n) is 23.7. The molecule has 4 aromatic rings. The van der Waals surface area contributed by atoms with Gasteiger partial charge in [-0.2, -0.15) is 0 Å². The zero-order chi connectivity index (χ0) is 28.5. The molecular weight excluding hydrogens is 518 g/mol. The van der Waals surface area contributed by atoms with Crippen molar-refractivity contribution in [3.8, 4) is 22.9 Å². The van der Waals surface area contributed by atoms with E-state index in [0.717, 1.165) is 54.7 Å². The highest BCUT2D eigenvalue weighted by Crippen LogP contribution is 2.44. The molecule has 1 saturated heterocycles. The highest BCUT2D eigenvalue weighted by Gasteiger charge is 2.31. The number of benzene rings is 2. The Labute approximate surface area is 238 Å². The second kappa shape index (κ2) is 11.2. The Hall–Kier alpha value is -4.40. The summed E-state index contributed by atoms with van der Waals surface area (Å²) < 4.78 is 11.3. The summed E-state index contributed by atoms with van der Waals surface area (Å²) >= 11 is 0. The SMILES string of the molecule is COc1cc(OC)c2c(=O)[nH]c(-c3ccc(C(=O)N4CC(CNc5ccc(C)cn5)C4)cc3)nc2c1C1CCCC1. The molecule has 0 atom stereocenters. The van der Waals surface area contributed by atoms with Crippen molar-refractivity contribution in [2.75, 3.05) is 39.2 Å². The van der Waals surface area contributed by atoms with Gasteiger partial charge in [0.25, 0.3) is 11.5 Å². The number of methoxy groups -OCH3 is 2. The van der Waals surface area contributed by atoms with Gasteiger partial charge in [0.1, 0.15) is 28.5 Å². The Morgan fingerprint density at radius 2 is 1.78 bits per heavy atom. The van der Waals surface area contributed by atoms with Crippen molar-refractivity contribution >= 4 is 22.6 Å². The molecule has 212 valence electrons. The third-order valence-corrected chi connectivity index (χ3v) is 8.28. The van der Waals surface area contributed by atoms with Gasteiger partial charge in [0.15, 0.2) is 0 Å². The van der Waals surface area contributed by atoms with Crippen LogP contribution in [0.5, 0.6) is 11.5 Å². The van der Waals surface area contributed by atoms with Crippen molar-refractivity contribution in [2.24, 2.45) is 5.92 Å². The van der Waals surface area contributed by atoms with Gasteiger partial charge in [-0.15, -0.1) is 0 Å². The number of nitrogens with one attached hydrogen (secondary N) is 2. The van der Waals surface area contributed by atoms with Gasteiger partial charge in [0.05, 0.1) is 19.7 Å². The first-order valence-corrected chi connectivity index (χ1v) is 14.2. The lowest BCUT2D eigenvalue weighted by Crippen LogP contribution is -2.52. The first-order chi connectivity index (χ1) is 19.9. The van der Waals surface area contributed by atoms with Crippen LogP contribution < -0.4 is 20.3 Å². The van der Waals surface area contributed by atoms with Crippen LogP contribution in [0.2, 0.25) is 0 Å². The minimum absolute atomic E-state index is 0.000725. The number of aryl methyl sites for hydroxylation is 1. The van der Waals surface area contributed by atoms with Crippen molar-refractivity contribution in [1.29, 1.82) is 0 Å². The maximum atomic E-state index is 13.3. The summed E-state index contributed by atoms with van der Waals surface area (Å²) in [5, 5.41) is 3.79. The molecule has 1 amide bonds. The normalized spacial score (nSPS) is 15.6. The van der Waals surface area contributed by atoms with Crippen molar-refractivity contribution in [3.63, 3.8) is 0 Å². The summed E-state index contributed by atoms with van der Waals surface area (Å²) in [6, 6.07) is 13.1. The quantitative estimate of drug-likeness (QED) is 0.310. The predicted octanol–water partition coefficient (Wildman–Crippen LogP) is 5.15. The number of anilines is 1.